The van der Waals surface area contributed by atoms with Crippen molar-refractivity contribution in [2.45, 2.75) is 19.8 Å². The van der Waals surface area contributed by atoms with Crippen LogP contribution in [0.4, 0.5) is 11.5 Å². The molecule has 0 saturated carbocycles. The van der Waals surface area contributed by atoms with Crippen LogP contribution in [0.1, 0.15) is 19.0 Å². The van der Waals surface area contributed by atoms with E-state index in [4.69, 9.17) is 10.5 Å². The number of hydrogen-bond acceptors (Lipinski definition) is 5. The first-order chi connectivity index (χ1) is 9.81. The van der Waals surface area contributed by atoms with Gasteiger partial charge in [-0.1, -0.05) is 13.3 Å². The monoisotopic (exact) mass is 272 g/mol. The minimum atomic E-state index is 0.515. The molecule has 106 valence electrons. The Hall–Kier alpha value is -2.14. The van der Waals surface area contributed by atoms with Crippen molar-refractivity contribution in [1.82, 2.24) is 9.97 Å². The van der Waals surface area contributed by atoms with Crippen LogP contribution in [0.15, 0.2) is 36.7 Å². The molecule has 2 aromatic rings. The Morgan fingerprint density at radius 1 is 1.20 bits per heavy atom. The number of ether oxygens (including phenoxy) is 1. The van der Waals surface area contributed by atoms with Gasteiger partial charge in [-0.05, 0) is 30.7 Å². The summed E-state index contributed by atoms with van der Waals surface area (Å²) in [5.74, 6) is 1.62. The standard InChI is InChI=1S/C15H20N4O/c1-2-3-13-10-15(18-11-17-13)19-12-4-6-14(7-5-12)20-9-8-16/h4-7,10-11H,2-3,8-9,16H2,1H3,(H,17,18,19). The third kappa shape index (κ3) is 4.20. The molecule has 0 radical (unpaired) electrons. The molecule has 1 aromatic heterocycles. The lowest BCUT2D eigenvalue weighted by atomic mass is 10.2. The molecule has 3 N–H and O–H groups in total. The Morgan fingerprint density at radius 2 is 2.00 bits per heavy atom. The lowest BCUT2D eigenvalue weighted by molar-refractivity contribution is 0.328. The average Bonchev–Trinajstić information content (AvgIpc) is 2.47. The van der Waals surface area contributed by atoms with Gasteiger partial charge < -0.3 is 15.8 Å². The van der Waals surface area contributed by atoms with Gasteiger partial charge >= 0.3 is 0 Å². The van der Waals surface area contributed by atoms with Gasteiger partial charge in [0.25, 0.3) is 0 Å². The molecule has 0 saturated heterocycles. The van der Waals surface area contributed by atoms with Gasteiger partial charge in [0.05, 0.1) is 0 Å². The van der Waals surface area contributed by atoms with Crippen LogP contribution < -0.4 is 15.8 Å². The van der Waals surface area contributed by atoms with Crippen molar-refractivity contribution < 1.29 is 4.74 Å². The summed E-state index contributed by atoms with van der Waals surface area (Å²) in [5.41, 5.74) is 7.41. The molecule has 0 amide bonds. The molecule has 0 aliphatic rings. The fraction of sp³-hybridized carbons (Fsp3) is 0.333. The van der Waals surface area contributed by atoms with E-state index in [1.165, 1.54) is 0 Å². The third-order valence-corrected chi connectivity index (χ3v) is 2.74. The SMILES string of the molecule is CCCc1cc(Nc2ccc(OCCN)cc2)ncn1. The molecule has 2 rings (SSSR count). The summed E-state index contributed by atoms with van der Waals surface area (Å²) < 4.78 is 5.43. The van der Waals surface area contributed by atoms with E-state index in [1.807, 2.05) is 30.3 Å². The Labute approximate surface area is 119 Å². The molecule has 20 heavy (non-hydrogen) atoms. The predicted molar refractivity (Wildman–Crippen MR) is 80.3 cm³/mol. The summed E-state index contributed by atoms with van der Waals surface area (Å²) in [6, 6.07) is 9.70. The van der Waals surface area contributed by atoms with E-state index >= 15 is 0 Å². The summed E-state index contributed by atoms with van der Waals surface area (Å²) in [7, 11) is 0. The molecular weight excluding hydrogens is 252 g/mol. The number of nitrogens with zero attached hydrogens (tertiary/aromatic N) is 2. The fourth-order valence-corrected chi connectivity index (χ4v) is 1.82. The molecule has 5 heteroatoms. The van der Waals surface area contributed by atoms with Gasteiger partial charge in [-0.2, -0.15) is 0 Å². The second kappa shape index (κ2) is 7.45. The Balaban J connectivity index is 2.00. The topological polar surface area (TPSA) is 73.1 Å². The molecule has 5 nitrogen and oxygen atoms in total. The maximum absolute atomic E-state index is 5.43. The number of benzene rings is 1. The first-order valence-corrected chi connectivity index (χ1v) is 6.82. The predicted octanol–water partition coefficient (Wildman–Crippen LogP) is 2.51. The molecule has 0 aliphatic carbocycles. The zero-order valence-electron chi connectivity index (χ0n) is 11.7. The summed E-state index contributed by atoms with van der Waals surface area (Å²) >= 11 is 0. The summed E-state index contributed by atoms with van der Waals surface area (Å²) in [5, 5.41) is 3.25. The molecule has 1 heterocycles. The van der Waals surface area contributed by atoms with E-state index in [0.29, 0.717) is 13.2 Å². The minimum absolute atomic E-state index is 0.515. The molecule has 0 atom stereocenters. The minimum Gasteiger partial charge on any atom is -0.492 e. The van der Waals surface area contributed by atoms with Gasteiger partial charge in [0.1, 0.15) is 24.5 Å². The number of nitrogens with two attached hydrogens (primary N) is 1. The maximum Gasteiger partial charge on any atom is 0.133 e. The van der Waals surface area contributed by atoms with Crippen LogP contribution in [0.3, 0.4) is 0 Å². The first-order valence-electron chi connectivity index (χ1n) is 6.82. The quantitative estimate of drug-likeness (QED) is 0.810. The summed E-state index contributed by atoms with van der Waals surface area (Å²) in [6.07, 6.45) is 3.62. The van der Waals surface area contributed by atoms with Gasteiger partial charge in [-0.25, -0.2) is 9.97 Å². The largest absolute Gasteiger partial charge is 0.492 e. The summed E-state index contributed by atoms with van der Waals surface area (Å²) in [6.45, 7) is 3.18. The average molecular weight is 272 g/mol. The highest BCUT2D eigenvalue weighted by Crippen LogP contribution is 2.19. The van der Waals surface area contributed by atoms with Crippen molar-refractivity contribution in [3.05, 3.63) is 42.4 Å². The molecule has 0 spiro atoms. The number of aryl methyl sites for hydroxylation is 1. The van der Waals surface area contributed by atoms with Gasteiger partial charge in [0.15, 0.2) is 0 Å². The maximum atomic E-state index is 5.43. The molecular formula is C15H20N4O. The molecule has 0 fully saturated rings. The van der Waals surface area contributed by atoms with Crippen LogP contribution in [-0.2, 0) is 6.42 Å². The van der Waals surface area contributed by atoms with Crippen molar-refractivity contribution >= 4 is 11.5 Å². The number of nitrogens with one attached hydrogen (secondary N) is 1. The van der Waals surface area contributed by atoms with Gasteiger partial charge in [-0.15, -0.1) is 0 Å². The van der Waals surface area contributed by atoms with E-state index in [0.717, 1.165) is 35.8 Å². The van der Waals surface area contributed by atoms with Crippen LogP contribution in [0.5, 0.6) is 5.75 Å². The Kier molecular flexibility index (Phi) is 5.32. The summed E-state index contributed by atoms with van der Waals surface area (Å²) in [4.78, 5) is 8.45. The normalized spacial score (nSPS) is 10.3. The van der Waals surface area contributed by atoms with Crippen molar-refractivity contribution in [3.63, 3.8) is 0 Å². The highest BCUT2D eigenvalue weighted by atomic mass is 16.5. The highest BCUT2D eigenvalue weighted by Gasteiger charge is 2.00. The second-order valence-electron chi connectivity index (χ2n) is 4.43. The zero-order valence-corrected chi connectivity index (χ0v) is 11.7. The zero-order chi connectivity index (χ0) is 14.2. The smallest absolute Gasteiger partial charge is 0.133 e. The van der Waals surface area contributed by atoms with Crippen LogP contribution in [-0.4, -0.2) is 23.1 Å². The molecule has 0 aliphatic heterocycles. The number of anilines is 2. The van der Waals surface area contributed by atoms with Gasteiger partial charge in [0.2, 0.25) is 0 Å². The van der Waals surface area contributed by atoms with E-state index < -0.39 is 0 Å². The highest BCUT2D eigenvalue weighted by molar-refractivity contribution is 5.57. The third-order valence-electron chi connectivity index (χ3n) is 2.74. The number of hydrogen-bond donors (Lipinski definition) is 2. The Bertz CT molecular complexity index is 528. The van der Waals surface area contributed by atoms with E-state index in [2.05, 4.69) is 22.2 Å². The van der Waals surface area contributed by atoms with Crippen molar-refractivity contribution in [1.29, 1.82) is 0 Å². The van der Waals surface area contributed by atoms with E-state index in [9.17, 15) is 0 Å². The van der Waals surface area contributed by atoms with Crippen molar-refractivity contribution in [2.24, 2.45) is 5.73 Å². The van der Waals surface area contributed by atoms with Crippen LogP contribution in [0.25, 0.3) is 0 Å². The van der Waals surface area contributed by atoms with E-state index in [1.54, 1.807) is 6.33 Å². The first kappa shape index (κ1) is 14.3. The molecule has 0 unspecified atom stereocenters. The van der Waals surface area contributed by atoms with Crippen molar-refractivity contribution in [3.8, 4) is 5.75 Å². The van der Waals surface area contributed by atoms with E-state index in [-0.39, 0.29) is 0 Å². The number of rotatable bonds is 7. The molecule has 1 aromatic carbocycles. The fourth-order valence-electron chi connectivity index (χ4n) is 1.82. The second-order valence-corrected chi connectivity index (χ2v) is 4.43. The van der Waals surface area contributed by atoms with Crippen LogP contribution in [0, 0.1) is 0 Å². The lowest BCUT2D eigenvalue weighted by Gasteiger charge is -2.08. The lowest BCUT2D eigenvalue weighted by Crippen LogP contribution is -2.10. The van der Waals surface area contributed by atoms with Gasteiger partial charge in [-0.3, -0.25) is 0 Å². The van der Waals surface area contributed by atoms with Crippen LogP contribution >= 0.6 is 0 Å². The Morgan fingerprint density at radius 3 is 2.70 bits per heavy atom. The van der Waals surface area contributed by atoms with Crippen molar-refractivity contribution in [2.75, 3.05) is 18.5 Å². The van der Waals surface area contributed by atoms with Crippen LogP contribution in [0.2, 0.25) is 0 Å². The number of aromatic nitrogens is 2. The van der Waals surface area contributed by atoms with Gasteiger partial charge in [0, 0.05) is 24.0 Å². The molecule has 0 bridgehead atoms.